The molecule has 3 aliphatic heterocycles. The quantitative estimate of drug-likeness (QED) is 0.449. The van der Waals surface area contributed by atoms with E-state index in [1.165, 1.54) is 16.0 Å². The van der Waals surface area contributed by atoms with Crippen LogP contribution < -0.4 is 10.2 Å². The zero-order valence-electron chi connectivity index (χ0n) is 23.0. The zero-order valence-corrected chi connectivity index (χ0v) is 23.0. The maximum atomic E-state index is 15.3. The summed E-state index contributed by atoms with van der Waals surface area (Å²) < 4.78 is 32.1. The Morgan fingerprint density at radius 1 is 1.10 bits per heavy atom. The van der Waals surface area contributed by atoms with Gasteiger partial charge in [-0.25, -0.2) is 8.78 Å². The Morgan fingerprint density at radius 2 is 1.93 bits per heavy atom. The van der Waals surface area contributed by atoms with Gasteiger partial charge in [-0.15, -0.1) is 0 Å². The monoisotopic (exact) mass is 561 g/mol. The highest BCUT2D eigenvalue weighted by Gasteiger charge is 2.48. The second kappa shape index (κ2) is 9.44. The first kappa shape index (κ1) is 26.3. The highest BCUT2D eigenvalue weighted by atomic mass is 19.3. The van der Waals surface area contributed by atoms with Crippen molar-refractivity contribution in [3.05, 3.63) is 59.4 Å². The molecule has 0 spiro atoms. The molecule has 1 unspecified atom stereocenters. The number of hydrogen-bond donors (Lipinski definition) is 1. The number of carbonyl (C=O) groups excluding carboxylic acids is 3. The largest absolute Gasteiger partial charge is 0.297 e. The number of likely N-dealkylation sites (tertiary alicyclic amines) is 1. The summed E-state index contributed by atoms with van der Waals surface area (Å²) in [6, 6.07) is 7.55. The van der Waals surface area contributed by atoms with Crippen LogP contribution in [0.25, 0.3) is 10.8 Å². The maximum Gasteiger partial charge on any atom is 0.282 e. The first-order chi connectivity index (χ1) is 19.6. The van der Waals surface area contributed by atoms with Gasteiger partial charge in [0, 0.05) is 43.1 Å². The fraction of sp³-hybridized carbons (Fsp3) is 0.484. The van der Waals surface area contributed by atoms with E-state index >= 15 is 8.78 Å². The average molecular weight is 562 g/mol. The van der Waals surface area contributed by atoms with Crippen LogP contribution in [0, 0.1) is 5.41 Å². The summed E-state index contributed by atoms with van der Waals surface area (Å²) in [6.07, 6.45) is 8.07. The Labute approximate surface area is 236 Å². The van der Waals surface area contributed by atoms with Crippen LogP contribution >= 0.6 is 0 Å². The minimum atomic E-state index is -2.87. The van der Waals surface area contributed by atoms with Crippen molar-refractivity contribution in [2.75, 3.05) is 24.5 Å². The van der Waals surface area contributed by atoms with Crippen molar-refractivity contribution >= 4 is 34.2 Å². The molecule has 4 aliphatic rings. The lowest BCUT2D eigenvalue weighted by atomic mass is 9.70. The van der Waals surface area contributed by atoms with Crippen LogP contribution in [0.5, 0.6) is 0 Å². The van der Waals surface area contributed by atoms with Gasteiger partial charge in [0.2, 0.25) is 11.8 Å². The Morgan fingerprint density at radius 3 is 2.66 bits per heavy atom. The standard InChI is InChI=1S/C31H33F2N5O3/c1-30(11-3-12-30)17-36-13-10-25(31(32,33)18-36)37-16-19(15-34-37)14-20-6-7-23-27-21(20)4-2-5-22(27)29(41)38(23)24-8-9-26(39)35-28(24)40/h2,4-7,15-16,24-25H,3,8-14,17-18H2,1H3,(H,35,39,40)/t24?,25-/m1/s1. The van der Waals surface area contributed by atoms with Crippen LogP contribution in [0.4, 0.5) is 14.5 Å². The van der Waals surface area contributed by atoms with Gasteiger partial charge in [0.15, 0.2) is 0 Å². The molecule has 2 saturated heterocycles. The molecule has 3 aromatic rings. The van der Waals surface area contributed by atoms with Crippen molar-refractivity contribution in [1.29, 1.82) is 0 Å². The molecule has 0 bridgehead atoms. The van der Waals surface area contributed by atoms with Crippen LogP contribution in [0.15, 0.2) is 42.7 Å². The number of alkyl halides is 2. The SMILES string of the molecule is CC1(CN2CC[C@@H](n3cc(Cc4ccc5c6c(cccc46)C(=O)N5C4CCC(=O)NC4=O)cn3)C(F)(F)C2)CCC1. The normalized spacial score (nSPS) is 25.4. The van der Waals surface area contributed by atoms with Crippen molar-refractivity contribution < 1.29 is 23.2 Å². The minimum absolute atomic E-state index is 0.172. The van der Waals surface area contributed by atoms with Gasteiger partial charge in [0.1, 0.15) is 12.1 Å². The van der Waals surface area contributed by atoms with Crippen LogP contribution in [0.3, 0.4) is 0 Å². The average Bonchev–Trinajstić information content (AvgIpc) is 3.47. The Kier molecular flexibility index (Phi) is 6.04. The van der Waals surface area contributed by atoms with Gasteiger partial charge in [-0.05, 0) is 59.7 Å². The molecule has 3 amide bonds. The van der Waals surface area contributed by atoms with Gasteiger partial charge in [0.05, 0.1) is 18.4 Å². The number of piperidine rings is 2. The van der Waals surface area contributed by atoms with Gasteiger partial charge < -0.3 is 0 Å². The number of nitrogens with one attached hydrogen (secondary N) is 1. The van der Waals surface area contributed by atoms with Gasteiger partial charge in [-0.1, -0.05) is 31.5 Å². The summed E-state index contributed by atoms with van der Waals surface area (Å²) in [7, 11) is 0. The van der Waals surface area contributed by atoms with Gasteiger partial charge in [-0.3, -0.25) is 34.2 Å². The van der Waals surface area contributed by atoms with E-state index in [2.05, 4.69) is 17.3 Å². The number of hydrogen-bond acceptors (Lipinski definition) is 5. The molecule has 1 aromatic heterocycles. The van der Waals surface area contributed by atoms with E-state index in [9.17, 15) is 14.4 Å². The second-order valence-corrected chi connectivity index (χ2v) is 12.6. The molecule has 0 radical (unpaired) electrons. The summed E-state index contributed by atoms with van der Waals surface area (Å²) in [5.74, 6) is -3.93. The van der Waals surface area contributed by atoms with E-state index in [-0.39, 0.29) is 36.6 Å². The zero-order chi connectivity index (χ0) is 28.5. The Hall–Kier alpha value is -3.66. The van der Waals surface area contributed by atoms with Gasteiger partial charge >= 0.3 is 0 Å². The number of carbonyl (C=O) groups is 3. The van der Waals surface area contributed by atoms with E-state index < -0.39 is 23.9 Å². The molecule has 2 aromatic carbocycles. The molecule has 8 nitrogen and oxygen atoms in total. The lowest BCUT2D eigenvalue weighted by Crippen LogP contribution is -2.53. The number of halogens is 2. The molecule has 214 valence electrons. The molecular formula is C31H33F2N5O3. The number of aromatic nitrogens is 2. The minimum Gasteiger partial charge on any atom is -0.297 e. The van der Waals surface area contributed by atoms with Crippen molar-refractivity contribution in [3.8, 4) is 0 Å². The topological polar surface area (TPSA) is 87.5 Å². The Bertz CT molecular complexity index is 1580. The summed E-state index contributed by atoms with van der Waals surface area (Å²) in [4.78, 5) is 41.1. The lowest BCUT2D eigenvalue weighted by molar-refractivity contribution is -0.134. The van der Waals surface area contributed by atoms with Crippen molar-refractivity contribution in [2.24, 2.45) is 5.41 Å². The first-order valence-electron chi connectivity index (χ1n) is 14.5. The third-order valence-corrected chi connectivity index (χ3v) is 9.52. The fourth-order valence-electron chi connectivity index (χ4n) is 7.26. The number of benzene rings is 2. The van der Waals surface area contributed by atoms with Crippen LogP contribution in [-0.4, -0.2) is 64.0 Å². The maximum absolute atomic E-state index is 15.3. The van der Waals surface area contributed by atoms with Gasteiger partial charge in [-0.2, -0.15) is 5.10 Å². The smallest absolute Gasteiger partial charge is 0.282 e. The van der Waals surface area contributed by atoms with Crippen molar-refractivity contribution in [1.82, 2.24) is 20.0 Å². The summed E-state index contributed by atoms with van der Waals surface area (Å²) in [6.45, 7) is 3.32. The molecule has 41 heavy (non-hydrogen) atoms. The molecular weight excluding hydrogens is 528 g/mol. The summed E-state index contributed by atoms with van der Waals surface area (Å²) >= 11 is 0. The molecule has 1 N–H and O–H groups in total. The fourth-order valence-corrected chi connectivity index (χ4v) is 7.26. The van der Waals surface area contributed by atoms with E-state index in [1.807, 2.05) is 29.2 Å². The predicted octanol–water partition coefficient (Wildman–Crippen LogP) is 4.46. The molecule has 1 saturated carbocycles. The van der Waals surface area contributed by atoms with E-state index in [1.54, 1.807) is 18.5 Å². The number of amides is 3. The molecule has 10 heteroatoms. The number of anilines is 1. The highest BCUT2D eigenvalue weighted by molar-refractivity contribution is 6.27. The van der Waals surface area contributed by atoms with E-state index in [0.717, 1.165) is 41.3 Å². The third kappa shape index (κ3) is 4.43. The Balaban J connectivity index is 1.12. The number of nitrogens with zero attached hydrogens (tertiary/aromatic N) is 4. The number of imide groups is 1. The van der Waals surface area contributed by atoms with E-state index in [0.29, 0.717) is 30.6 Å². The molecule has 1 aliphatic carbocycles. The van der Waals surface area contributed by atoms with Crippen LogP contribution in [0.2, 0.25) is 0 Å². The number of rotatable bonds is 6. The summed E-state index contributed by atoms with van der Waals surface area (Å²) in [5.41, 5.74) is 3.10. The van der Waals surface area contributed by atoms with E-state index in [4.69, 9.17) is 0 Å². The molecule has 4 heterocycles. The van der Waals surface area contributed by atoms with Crippen molar-refractivity contribution in [2.45, 2.75) is 69.9 Å². The van der Waals surface area contributed by atoms with Crippen molar-refractivity contribution in [3.63, 3.8) is 0 Å². The predicted molar refractivity (Wildman–Crippen MR) is 149 cm³/mol. The van der Waals surface area contributed by atoms with Crippen LogP contribution in [-0.2, 0) is 16.0 Å². The third-order valence-electron chi connectivity index (χ3n) is 9.52. The summed E-state index contributed by atoms with van der Waals surface area (Å²) in [5, 5.41) is 8.36. The molecule has 2 atom stereocenters. The van der Waals surface area contributed by atoms with Gasteiger partial charge in [0.25, 0.3) is 11.8 Å². The lowest BCUT2D eigenvalue weighted by Gasteiger charge is -2.46. The second-order valence-electron chi connectivity index (χ2n) is 12.6. The molecule has 3 fully saturated rings. The first-order valence-corrected chi connectivity index (χ1v) is 14.5. The highest BCUT2D eigenvalue weighted by Crippen LogP contribution is 2.44. The van der Waals surface area contributed by atoms with Crippen LogP contribution in [0.1, 0.15) is 73.0 Å². The molecule has 7 rings (SSSR count).